The highest BCUT2D eigenvalue weighted by atomic mass is 16.2. The average molecular weight is 401 g/mol. The minimum atomic E-state index is 0.157. The summed E-state index contributed by atoms with van der Waals surface area (Å²) in [6.45, 7) is 2.58. The normalized spacial score (nSPS) is 18.4. The van der Waals surface area contributed by atoms with Crippen LogP contribution in [0.3, 0.4) is 0 Å². The van der Waals surface area contributed by atoms with Crippen LogP contribution in [0.1, 0.15) is 58.3 Å². The molecule has 1 aromatic heterocycles. The van der Waals surface area contributed by atoms with Crippen molar-refractivity contribution in [3.63, 3.8) is 0 Å². The fraction of sp³-hybridized carbons (Fsp3) is 0.400. The van der Waals surface area contributed by atoms with E-state index >= 15 is 0 Å². The van der Waals surface area contributed by atoms with Gasteiger partial charge < -0.3 is 9.47 Å². The third-order valence-electron chi connectivity index (χ3n) is 6.49. The summed E-state index contributed by atoms with van der Waals surface area (Å²) >= 11 is 0. The van der Waals surface area contributed by atoms with E-state index in [2.05, 4.69) is 45.1 Å². The van der Waals surface area contributed by atoms with E-state index < -0.39 is 0 Å². The van der Waals surface area contributed by atoms with Crippen molar-refractivity contribution in [2.75, 3.05) is 13.1 Å². The van der Waals surface area contributed by atoms with Crippen LogP contribution in [0.4, 0.5) is 0 Å². The summed E-state index contributed by atoms with van der Waals surface area (Å²) in [6, 6.07) is 18.6. The van der Waals surface area contributed by atoms with Gasteiger partial charge in [0.2, 0.25) is 0 Å². The molecule has 0 spiro atoms. The van der Waals surface area contributed by atoms with E-state index in [9.17, 15) is 4.79 Å². The van der Waals surface area contributed by atoms with Gasteiger partial charge in [-0.05, 0) is 49.3 Å². The number of aromatic nitrogens is 3. The molecule has 5 heteroatoms. The van der Waals surface area contributed by atoms with Crippen molar-refractivity contribution in [2.24, 2.45) is 0 Å². The van der Waals surface area contributed by atoms with E-state index in [1.807, 2.05) is 29.2 Å². The van der Waals surface area contributed by atoms with Crippen LogP contribution >= 0.6 is 0 Å². The summed E-state index contributed by atoms with van der Waals surface area (Å²) in [5.74, 6) is 2.64. The number of nitrogens with zero attached hydrogens (tertiary/aromatic N) is 4. The van der Waals surface area contributed by atoms with E-state index in [1.165, 1.54) is 5.56 Å². The standard InChI is InChI=1S/C25H28N4O/c30-25(22-12-5-4-10-20(22)15-14-19-8-2-1-3-9-19)28-16-6-11-21(18-28)24-27-26-23-13-7-17-29(23)24/h1-5,8-10,12,21H,6-7,11,13-18H2. The van der Waals surface area contributed by atoms with Gasteiger partial charge in [-0.1, -0.05) is 48.5 Å². The average Bonchev–Trinajstić information content (AvgIpc) is 3.42. The third kappa shape index (κ3) is 3.76. The molecule has 0 saturated carbocycles. The number of carbonyl (C=O) groups excluding carboxylic acids is 1. The summed E-state index contributed by atoms with van der Waals surface area (Å²) < 4.78 is 2.28. The van der Waals surface area contributed by atoms with Gasteiger partial charge in [-0.15, -0.1) is 10.2 Å². The molecule has 2 aromatic carbocycles. The number of likely N-dealkylation sites (tertiary alicyclic amines) is 1. The predicted octanol–water partition coefficient (Wildman–Crippen LogP) is 4.03. The molecule has 3 aromatic rings. The predicted molar refractivity (Wildman–Crippen MR) is 117 cm³/mol. The Balaban J connectivity index is 1.32. The molecular formula is C25H28N4O. The first-order chi connectivity index (χ1) is 14.8. The van der Waals surface area contributed by atoms with Gasteiger partial charge in [-0.3, -0.25) is 4.79 Å². The lowest BCUT2D eigenvalue weighted by Gasteiger charge is -2.33. The van der Waals surface area contributed by atoms with Crippen molar-refractivity contribution in [3.8, 4) is 0 Å². The molecule has 0 radical (unpaired) electrons. The Bertz CT molecular complexity index is 1030. The highest BCUT2D eigenvalue weighted by molar-refractivity contribution is 5.95. The van der Waals surface area contributed by atoms with E-state index in [-0.39, 0.29) is 5.91 Å². The molecule has 1 fully saturated rings. The Morgan fingerprint density at radius 2 is 1.77 bits per heavy atom. The number of rotatable bonds is 5. The SMILES string of the molecule is O=C(c1ccccc1CCc1ccccc1)N1CCCC(c2nnc3n2CCC3)C1. The van der Waals surface area contributed by atoms with Gasteiger partial charge >= 0.3 is 0 Å². The summed E-state index contributed by atoms with van der Waals surface area (Å²) in [5, 5.41) is 8.86. The summed E-state index contributed by atoms with van der Waals surface area (Å²) in [4.78, 5) is 15.5. The van der Waals surface area contributed by atoms with Crippen LogP contribution in [-0.2, 0) is 25.8 Å². The van der Waals surface area contributed by atoms with Gasteiger partial charge in [-0.25, -0.2) is 0 Å². The molecule has 1 unspecified atom stereocenters. The largest absolute Gasteiger partial charge is 0.338 e. The smallest absolute Gasteiger partial charge is 0.254 e. The topological polar surface area (TPSA) is 51.0 Å². The fourth-order valence-electron chi connectivity index (χ4n) is 4.89. The number of aryl methyl sites for hydroxylation is 3. The van der Waals surface area contributed by atoms with Gasteiger partial charge in [0.25, 0.3) is 5.91 Å². The Labute approximate surface area is 177 Å². The third-order valence-corrected chi connectivity index (χ3v) is 6.49. The number of amides is 1. The van der Waals surface area contributed by atoms with E-state index in [1.54, 1.807) is 0 Å². The summed E-state index contributed by atoms with van der Waals surface area (Å²) in [7, 11) is 0. The lowest BCUT2D eigenvalue weighted by molar-refractivity contribution is 0.0702. The molecule has 1 saturated heterocycles. The van der Waals surface area contributed by atoms with Crippen LogP contribution in [0, 0.1) is 0 Å². The zero-order valence-corrected chi connectivity index (χ0v) is 17.3. The van der Waals surface area contributed by atoms with Gasteiger partial charge in [0, 0.05) is 37.5 Å². The van der Waals surface area contributed by atoms with Gasteiger partial charge in [0.1, 0.15) is 11.6 Å². The number of piperidine rings is 1. The molecule has 1 amide bonds. The number of hydrogen-bond donors (Lipinski definition) is 0. The van der Waals surface area contributed by atoms with Crippen LogP contribution in [0.25, 0.3) is 0 Å². The van der Waals surface area contributed by atoms with Gasteiger partial charge in [-0.2, -0.15) is 0 Å². The van der Waals surface area contributed by atoms with Crippen LogP contribution < -0.4 is 0 Å². The summed E-state index contributed by atoms with van der Waals surface area (Å²) in [6.07, 6.45) is 6.10. The first kappa shape index (κ1) is 19.0. The molecule has 5 nitrogen and oxygen atoms in total. The van der Waals surface area contributed by atoms with Crippen molar-refractivity contribution in [2.45, 2.75) is 51.0 Å². The van der Waals surface area contributed by atoms with Crippen molar-refractivity contribution in [1.82, 2.24) is 19.7 Å². The van der Waals surface area contributed by atoms with Crippen molar-refractivity contribution < 1.29 is 4.79 Å². The fourth-order valence-corrected chi connectivity index (χ4v) is 4.89. The Hall–Kier alpha value is -2.95. The van der Waals surface area contributed by atoms with E-state index in [4.69, 9.17) is 0 Å². The zero-order valence-electron chi connectivity index (χ0n) is 17.3. The molecule has 0 aliphatic carbocycles. The second-order valence-corrected chi connectivity index (χ2v) is 8.46. The van der Waals surface area contributed by atoms with Gasteiger partial charge in [0.15, 0.2) is 0 Å². The molecule has 2 aliphatic heterocycles. The van der Waals surface area contributed by atoms with Crippen molar-refractivity contribution in [3.05, 3.63) is 82.9 Å². The summed E-state index contributed by atoms with van der Waals surface area (Å²) in [5.41, 5.74) is 3.29. The zero-order chi connectivity index (χ0) is 20.3. The molecule has 1 atom stereocenters. The Kier molecular flexibility index (Phi) is 5.35. The minimum absolute atomic E-state index is 0.157. The number of carbonyl (C=O) groups is 1. The molecule has 154 valence electrons. The maximum absolute atomic E-state index is 13.5. The van der Waals surface area contributed by atoms with Crippen LogP contribution in [0.5, 0.6) is 0 Å². The maximum Gasteiger partial charge on any atom is 0.254 e. The lowest BCUT2D eigenvalue weighted by atomic mass is 9.94. The first-order valence-electron chi connectivity index (χ1n) is 11.1. The van der Waals surface area contributed by atoms with Crippen LogP contribution in [-0.4, -0.2) is 38.7 Å². The van der Waals surface area contributed by atoms with Crippen molar-refractivity contribution in [1.29, 1.82) is 0 Å². The van der Waals surface area contributed by atoms with Crippen molar-refractivity contribution >= 4 is 5.91 Å². The minimum Gasteiger partial charge on any atom is -0.338 e. The maximum atomic E-state index is 13.5. The lowest BCUT2D eigenvalue weighted by Crippen LogP contribution is -2.40. The molecule has 30 heavy (non-hydrogen) atoms. The number of fused-ring (bicyclic) bond motifs is 1. The highest BCUT2D eigenvalue weighted by Crippen LogP contribution is 2.29. The molecule has 3 heterocycles. The van der Waals surface area contributed by atoms with Crippen LogP contribution in [0.15, 0.2) is 54.6 Å². The Morgan fingerprint density at radius 3 is 2.67 bits per heavy atom. The molecule has 0 N–H and O–H groups in total. The highest BCUT2D eigenvalue weighted by Gasteiger charge is 2.31. The molecule has 5 rings (SSSR count). The Morgan fingerprint density at radius 1 is 0.933 bits per heavy atom. The quantitative estimate of drug-likeness (QED) is 0.650. The monoisotopic (exact) mass is 400 g/mol. The van der Waals surface area contributed by atoms with Crippen LogP contribution in [0.2, 0.25) is 0 Å². The van der Waals surface area contributed by atoms with E-state index in [0.29, 0.717) is 5.92 Å². The second kappa shape index (κ2) is 8.42. The van der Waals surface area contributed by atoms with Gasteiger partial charge in [0.05, 0.1) is 0 Å². The second-order valence-electron chi connectivity index (χ2n) is 8.46. The molecule has 0 bridgehead atoms. The number of hydrogen-bond acceptors (Lipinski definition) is 3. The molecular weight excluding hydrogens is 372 g/mol. The first-order valence-corrected chi connectivity index (χ1v) is 11.1. The van der Waals surface area contributed by atoms with E-state index in [0.717, 1.165) is 80.9 Å². The molecule has 2 aliphatic rings. The number of benzene rings is 2.